The van der Waals surface area contributed by atoms with Gasteiger partial charge in [0.1, 0.15) is 0 Å². The Labute approximate surface area is 106 Å². The first-order chi connectivity index (χ1) is 8.26. The van der Waals surface area contributed by atoms with Crippen molar-refractivity contribution < 1.29 is 18.3 Å². The van der Waals surface area contributed by atoms with E-state index in [2.05, 4.69) is 0 Å². The Hall–Kier alpha value is -1.03. The predicted octanol–water partition coefficient (Wildman–Crippen LogP) is 3.94. The summed E-state index contributed by atoms with van der Waals surface area (Å²) in [7, 11) is 0. The smallest absolute Gasteiger partial charge is 0.389 e. The zero-order chi connectivity index (χ0) is 13.8. The lowest BCUT2D eigenvalue weighted by Gasteiger charge is -2.12. The van der Waals surface area contributed by atoms with Crippen LogP contribution < -0.4 is 0 Å². The number of aliphatic hydroxyl groups is 1. The number of aliphatic hydroxyl groups excluding tert-OH is 1. The fourth-order valence-electron chi connectivity index (χ4n) is 2.10. The number of aryl methyl sites for hydroxylation is 2. The number of alkyl halides is 3. The van der Waals surface area contributed by atoms with Crippen molar-refractivity contribution in [1.82, 2.24) is 0 Å². The zero-order valence-corrected chi connectivity index (χ0v) is 10.7. The Bertz CT molecular complexity index is 365. The average Bonchev–Trinajstić information content (AvgIpc) is 2.12. The Morgan fingerprint density at radius 3 is 2.17 bits per heavy atom. The van der Waals surface area contributed by atoms with Gasteiger partial charge in [0, 0.05) is 6.42 Å². The van der Waals surface area contributed by atoms with Gasteiger partial charge in [-0.05, 0) is 38.7 Å². The van der Waals surface area contributed by atoms with Crippen molar-refractivity contribution in [2.75, 3.05) is 0 Å². The number of halogens is 3. The van der Waals surface area contributed by atoms with E-state index >= 15 is 0 Å². The molecular formula is C14H19F3O. The molecule has 0 saturated carbocycles. The lowest BCUT2D eigenvalue weighted by molar-refractivity contribution is -0.136. The zero-order valence-electron chi connectivity index (χ0n) is 10.7. The van der Waals surface area contributed by atoms with Crippen LogP contribution in [0.25, 0.3) is 0 Å². The van der Waals surface area contributed by atoms with Gasteiger partial charge in [-0.15, -0.1) is 0 Å². The van der Waals surface area contributed by atoms with E-state index in [1.54, 1.807) is 0 Å². The molecule has 0 bridgehead atoms. The van der Waals surface area contributed by atoms with Gasteiger partial charge in [0.05, 0.1) is 6.10 Å². The first kappa shape index (κ1) is 15.0. The van der Waals surface area contributed by atoms with Crippen LogP contribution in [-0.4, -0.2) is 17.4 Å². The maximum Gasteiger partial charge on any atom is 0.389 e. The molecule has 1 rings (SSSR count). The van der Waals surface area contributed by atoms with Crippen molar-refractivity contribution >= 4 is 0 Å². The van der Waals surface area contributed by atoms with Crippen LogP contribution in [0.15, 0.2) is 18.2 Å². The summed E-state index contributed by atoms with van der Waals surface area (Å²) in [5, 5.41) is 9.71. The molecule has 102 valence electrons. The molecule has 0 aliphatic rings. The number of rotatable bonds is 5. The average molecular weight is 260 g/mol. The normalized spacial score (nSPS) is 13.7. The summed E-state index contributed by atoms with van der Waals surface area (Å²) in [5.74, 6) is 0. The van der Waals surface area contributed by atoms with Crippen molar-refractivity contribution in [3.05, 3.63) is 34.9 Å². The quantitative estimate of drug-likeness (QED) is 0.850. The molecule has 18 heavy (non-hydrogen) atoms. The van der Waals surface area contributed by atoms with Crippen molar-refractivity contribution in [3.8, 4) is 0 Å². The molecule has 4 heteroatoms. The van der Waals surface area contributed by atoms with Crippen LogP contribution in [-0.2, 0) is 6.42 Å². The lowest BCUT2D eigenvalue weighted by atomic mass is 10.00. The summed E-state index contributed by atoms with van der Waals surface area (Å²) < 4.78 is 35.9. The van der Waals surface area contributed by atoms with Crippen molar-refractivity contribution in [1.29, 1.82) is 0 Å². The minimum Gasteiger partial charge on any atom is -0.393 e. The van der Waals surface area contributed by atoms with Crippen molar-refractivity contribution in [2.24, 2.45) is 0 Å². The molecule has 0 radical (unpaired) electrons. The largest absolute Gasteiger partial charge is 0.393 e. The molecule has 0 heterocycles. The summed E-state index contributed by atoms with van der Waals surface area (Å²) in [6, 6.07) is 5.94. The maximum absolute atomic E-state index is 12.0. The van der Waals surface area contributed by atoms with E-state index in [-0.39, 0.29) is 12.8 Å². The molecule has 0 aliphatic heterocycles. The van der Waals surface area contributed by atoms with Gasteiger partial charge in [-0.2, -0.15) is 13.2 Å². The van der Waals surface area contributed by atoms with E-state index in [1.165, 1.54) is 0 Å². The Morgan fingerprint density at radius 2 is 1.67 bits per heavy atom. The van der Waals surface area contributed by atoms with Gasteiger partial charge in [0.2, 0.25) is 0 Å². The highest BCUT2D eigenvalue weighted by molar-refractivity contribution is 5.28. The molecule has 1 aromatic carbocycles. The topological polar surface area (TPSA) is 20.2 Å². The number of hydrogen-bond acceptors (Lipinski definition) is 1. The Balaban J connectivity index is 2.42. The summed E-state index contributed by atoms with van der Waals surface area (Å²) in [6.07, 6.45) is -5.06. The van der Waals surface area contributed by atoms with Crippen LogP contribution in [0.4, 0.5) is 13.2 Å². The van der Waals surface area contributed by atoms with Crippen LogP contribution in [0, 0.1) is 13.8 Å². The Kier molecular flexibility index (Phi) is 5.20. The van der Waals surface area contributed by atoms with E-state index in [0.29, 0.717) is 6.42 Å². The summed E-state index contributed by atoms with van der Waals surface area (Å²) >= 11 is 0. The van der Waals surface area contributed by atoms with Crippen LogP contribution >= 0.6 is 0 Å². The van der Waals surface area contributed by atoms with Gasteiger partial charge in [-0.3, -0.25) is 0 Å². The molecule has 1 atom stereocenters. The van der Waals surface area contributed by atoms with Gasteiger partial charge in [-0.1, -0.05) is 29.3 Å². The monoisotopic (exact) mass is 260 g/mol. The third kappa shape index (κ3) is 6.05. The van der Waals surface area contributed by atoms with E-state index in [9.17, 15) is 18.3 Å². The van der Waals surface area contributed by atoms with E-state index in [0.717, 1.165) is 16.7 Å². The third-order valence-corrected chi connectivity index (χ3v) is 2.75. The fourth-order valence-corrected chi connectivity index (χ4v) is 2.10. The molecule has 0 saturated heterocycles. The highest BCUT2D eigenvalue weighted by Crippen LogP contribution is 2.23. The van der Waals surface area contributed by atoms with Gasteiger partial charge < -0.3 is 5.11 Å². The second-order valence-corrected chi connectivity index (χ2v) is 4.86. The molecule has 0 fully saturated rings. The SMILES string of the molecule is Cc1cc(C)cc(CC(O)CCCC(F)(F)F)c1. The van der Waals surface area contributed by atoms with Crippen LogP contribution in [0.5, 0.6) is 0 Å². The van der Waals surface area contributed by atoms with Gasteiger partial charge >= 0.3 is 6.18 Å². The van der Waals surface area contributed by atoms with Crippen LogP contribution in [0.2, 0.25) is 0 Å². The van der Waals surface area contributed by atoms with Crippen molar-refractivity contribution in [3.63, 3.8) is 0 Å². The van der Waals surface area contributed by atoms with Crippen LogP contribution in [0.3, 0.4) is 0 Å². The highest BCUT2D eigenvalue weighted by atomic mass is 19.4. The molecule has 0 spiro atoms. The van der Waals surface area contributed by atoms with E-state index < -0.39 is 18.7 Å². The molecule has 1 nitrogen and oxygen atoms in total. The second kappa shape index (κ2) is 6.23. The first-order valence-electron chi connectivity index (χ1n) is 6.08. The standard InChI is InChI=1S/C14H19F3O/c1-10-6-11(2)8-12(7-10)9-13(18)4-3-5-14(15,16)17/h6-8,13,18H,3-5,9H2,1-2H3. The maximum atomic E-state index is 12.0. The second-order valence-electron chi connectivity index (χ2n) is 4.86. The Morgan fingerprint density at radius 1 is 1.11 bits per heavy atom. The number of benzene rings is 1. The summed E-state index contributed by atoms with van der Waals surface area (Å²) in [6.45, 7) is 3.93. The van der Waals surface area contributed by atoms with Gasteiger partial charge in [0.25, 0.3) is 0 Å². The number of hydrogen-bond donors (Lipinski definition) is 1. The molecule has 0 amide bonds. The highest BCUT2D eigenvalue weighted by Gasteiger charge is 2.26. The van der Waals surface area contributed by atoms with Crippen molar-refractivity contribution in [2.45, 2.75) is 51.8 Å². The minimum atomic E-state index is -4.13. The third-order valence-electron chi connectivity index (χ3n) is 2.75. The van der Waals surface area contributed by atoms with Gasteiger partial charge in [-0.25, -0.2) is 0 Å². The van der Waals surface area contributed by atoms with Crippen LogP contribution in [0.1, 0.15) is 36.0 Å². The molecule has 1 N–H and O–H groups in total. The summed E-state index contributed by atoms with van der Waals surface area (Å²) in [5.41, 5.74) is 3.19. The first-order valence-corrected chi connectivity index (χ1v) is 6.08. The molecule has 1 unspecified atom stereocenters. The van der Waals surface area contributed by atoms with Gasteiger partial charge in [0.15, 0.2) is 0 Å². The fraction of sp³-hybridized carbons (Fsp3) is 0.571. The lowest BCUT2D eigenvalue weighted by Crippen LogP contribution is -2.13. The predicted molar refractivity (Wildman–Crippen MR) is 65.5 cm³/mol. The molecule has 1 aromatic rings. The van der Waals surface area contributed by atoms with E-state index in [4.69, 9.17) is 0 Å². The molecule has 0 aromatic heterocycles. The molecular weight excluding hydrogens is 241 g/mol. The summed E-state index contributed by atoms with van der Waals surface area (Å²) in [4.78, 5) is 0. The van der Waals surface area contributed by atoms with E-state index in [1.807, 2.05) is 32.0 Å². The minimum absolute atomic E-state index is 0.0184. The molecule has 0 aliphatic carbocycles.